The summed E-state index contributed by atoms with van der Waals surface area (Å²) in [7, 11) is -3.54. The van der Waals surface area contributed by atoms with Crippen LogP contribution < -0.4 is 4.72 Å². The van der Waals surface area contributed by atoms with Crippen LogP contribution in [-0.2, 0) is 19.6 Å². The standard InChI is InChI=1S/C24H24ClF3N6O2S2.CO2/c1-2-3-10-38(35,36)32-15-12-19-20(18-6-8-34(31-18)24(27)28)21(16-5-4-14(26)11-17(16)25)30-22(33(19)13-15)23-29-7-9-37-23;2-1-3/h4-9,11,15,21,24,32H,2-3,10,12-13H2,1H3;/t15-,21-;/m0./s1. The van der Waals surface area contributed by atoms with Crippen LogP contribution in [0.2, 0.25) is 5.02 Å². The molecule has 1 saturated heterocycles. The molecule has 0 unspecified atom stereocenters. The van der Waals surface area contributed by atoms with E-state index in [0.29, 0.717) is 38.8 Å². The Bertz CT molecular complexity index is 1590. The van der Waals surface area contributed by atoms with Crippen LogP contribution >= 0.6 is 22.9 Å². The van der Waals surface area contributed by atoms with Crippen LogP contribution in [-0.4, -0.2) is 58.4 Å². The predicted octanol–water partition coefficient (Wildman–Crippen LogP) is 4.65. The van der Waals surface area contributed by atoms with Gasteiger partial charge in [-0.1, -0.05) is 31.0 Å². The molecule has 0 saturated carbocycles. The van der Waals surface area contributed by atoms with E-state index in [9.17, 15) is 21.6 Å². The van der Waals surface area contributed by atoms with Gasteiger partial charge in [0.05, 0.1) is 11.4 Å². The second-order valence-electron chi connectivity index (χ2n) is 9.06. The normalized spacial score (nSPS) is 18.6. The van der Waals surface area contributed by atoms with Crippen molar-refractivity contribution >= 4 is 50.5 Å². The van der Waals surface area contributed by atoms with Gasteiger partial charge in [0.1, 0.15) is 11.9 Å². The second kappa shape index (κ2) is 13.1. The fourth-order valence-corrected chi connectivity index (χ4v) is 7.04. The van der Waals surface area contributed by atoms with Crippen LogP contribution in [0, 0.1) is 5.82 Å². The summed E-state index contributed by atoms with van der Waals surface area (Å²) < 4.78 is 69.6. The lowest BCUT2D eigenvalue weighted by Crippen LogP contribution is -2.40. The molecule has 0 bridgehead atoms. The predicted molar refractivity (Wildman–Crippen MR) is 145 cm³/mol. The van der Waals surface area contributed by atoms with Crippen molar-refractivity contribution < 1.29 is 31.2 Å². The van der Waals surface area contributed by atoms with E-state index in [0.717, 1.165) is 6.42 Å². The number of hydrogen-bond donors (Lipinski definition) is 1. The summed E-state index contributed by atoms with van der Waals surface area (Å²) in [6.45, 7) is -0.668. The Kier molecular flexibility index (Phi) is 9.76. The quantitative estimate of drug-likeness (QED) is 0.365. The number of alkyl halides is 2. The van der Waals surface area contributed by atoms with E-state index < -0.39 is 34.5 Å². The van der Waals surface area contributed by atoms with Gasteiger partial charge >= 0.3 is 12.7 Å². The molecule has 1 aromatic carbocycles. The molecular weight excluding hydrogens is 605 g/mol. The van der Waals surface area contributed by atoms with Gasteiger partial charge in [0.15, 0.2) is 10.8 Å². The Morgan fingerprint density at radius 3 is 2.63 bits per heavy atom. The summed E-state index contributed by atoms with van der Waals surface area (Å²) in [4.78, 5) is 27.4. The number of amidine groups is 1. The van der Waals surface area contributed by atoms with Crippen LogP contribution in [0.3, 0.4) is 0 Å². The molecule has 0 radical (unpaired) electrons. The number of rotatable bonds is 9. The van der Waals surface area contributed by atoms with E-state index in [1.807, 2.05) is 11.8 Å². The van der Waals surface area contributed by atoms with Crippen molar-refractivity contribution in [3.05, 3.63) is 74.8 Å². The van der Waals surface area contributed by atoms with Crippen molar-refractivity contribution in [1.82, 2.24) is 24.4 Å². The summed E-state index contributed by atoms with van der Waals surface area (Å²) >= 11 is 7.81. The van der Waals surface area contributed by atoms with Crippen molar-refractivity contribution in [2.45, 2.75) is 44.8 Å². The number of nitrogens with zero attached hydrogens (tertiary/aromatic N) is 5. The minimum Gasteiger partial charge on any atom is -0.326 e. The number of fused-ring (bicyclic) bond motifs is 1. The molecule has 16 heteroatoms. The summed E-state index contributed by atoms with van der Waals surface area (Å²) in [5.41, 5.74) is 1.86. The summed E-state index contributed by atoms with van der Waals surface area (Å²) in [5, 5.41) is 6.59. The molecule has 218 valence electrons. The fraction of sp³-hybridized carbons (Fsp3) is 0.360. The van der Waals surface area contributed by atoms with E-state index in [-0.39, 0.29) is 35.6 Å². The highest BCUT2D eigenvalue weighted by Crippen LogP contribution is 2.46. The molecule has 2 aliphatic heterocycles. The van der Waals surface area contributed by atoms with Gasteiger partial charge in [0.25, 0.3) is 0 Å². The highest BCUT2D eigenvalue weighted by atomic mass is 35.5. The molecule has 0 spiro atoms. The van der Waals surface area contributed by atoms with E-state index >= 15 is 0 Å². The van der Waals surface area contributed by atoms with Crippen molar-refractivity contribution in [1.29, 1.82) is 0 Å². The topological polar surface area (TPSA) is 127 Å². The number of sulfonamides is 1. The summed E-state index contributed by atoms with van der Waals surface area (Å²) in [6.07, 6.45) is 4.58. The van der Waals surface area contributed by atoms with Gasteiger partial charge in [-0.2, -0.15) is 23.5 Å². The van der Waals surface area contributed by atoms with E-state index in [1.165, 1.54) is 41.8 Å². The average Bonchev–Trinajstić information content (AvgIpc) is 3.68. The van der Waals surface area contributed by atoms with Crippen LogP contribution in [0.5, 0.6) is 0 Å². The first-order valence-corrected chi connectivity index (χ1v) is 15.3. The number of hydrogen-bond acceptors (Lipinski definition) is 9. The first-order valence-electron chi connectivity index (χ1n) is 12.3. The van der Waals surface area contributed by atoms with Crippen LogP contribution in [0.4, 0.5) is 13.2 Å². The van der Waals surface area contributed by atoms with Crippen LogP contribution in [0.25, 0.3) is 5.57 Å². The van der Waals surface area contributed by atoms with Gasteiger partial charge < -0.3 is 4.90 Å². The molecule has 2 aromatic heterocycles. The molecule has 3 aromatic rings. The highest BCUT2D eigenvalue weighted by molar-refractivity contribution is 7.89. The van der Waals surface area contributed by atoms with Gasteiger partial charge in [0.2, 0.25) is 10.0 Å². The van der Waals surface area contributed by atoms with Crippen LogP contribution in [0.15, 0.2) is 52.7 Å². The molecule has 41 heavy (non-hydrogen) atoms. The molecule has 1 fully saturated rings. The zero-order valence-electron chi connectivity index (χ0n) is 21.5. The molecule has 10 nitrogen and oxygen atoms in total. The third kappa shape index (κ3) is 6.93. The Hall–Kier alpha value is -3.36. The monoisotopic (exact) mass is 628 g/mol. The van der Waals surface area contributed by atoms with Crippen molar-refractivity contribution in [3.63, 3.8) is 0 Å². The molecule has 0 amide bonds. The molecule has 5 rings (SSSR count). The second-order valence-corrected chi connectivity index (χ2v) is 12.2. The van der Waals surface area contributed by atoms with Gasteiger partial charge in [-0.25, -0.2) is 27.2 Å². The molecular formula is C25H24ClF3N6O4S2. The number of aliphatic imine (C=N–C) groups is 1. The van der Waals surface area contributed by atoms with Gasteiger partial charge in [0, 0.05) is 58.6 Å². The first-order chi connectivity index (χ1) is 19.6. The van der Waals surface area contributed by atoms with Crippen LogP contribution in [0.1, 0.15) is 55.0 Å². The molecule has 2 atom stereocenters. The maximum atomic E-state index is 13.9. The SMILES string of the molecule is CCCCS(=O)(=O)N[C@H]1CC2=C(c3ccn(C(F)F)n3)[C@H](c3ccc(F)cc3Cl)N=C(c3nccs3)N2C1.O=C=O. The van der Waals surface area contributed by atoms with Crippen molar-refractivity contribution in [2.75, 3.05) is 12.3 Å². The maximum absolute atomic E-state index is 13.9. The van der Waals surface area contributed by atoms with Gasteiger partial charge in [-0.05, 0) is 24.6 Å². The zero-order valence-corrected chi connectivity index (χ0v) is 23.9. The average molecular weight is 629 g/mol. The summed E-state index contributed by atoms with van der Waals surface area (Å²) in [6, 6.07) is 4.08. The first kappa shape index (κ1) is 30.6. The molecule has 0 aliphatic carbocycles. The van der Waals surface area contributed by atoms with E-state index in [4.69, 9.17) is 26.2 Å². The number of halogens is 4. The van der Waals surface area contributed by atoms with Gasteiger partial charge in [-0.3, -0.25) is 4.99 Å². The Balaban J connectivity index is 0.00000124. The number of nitrogens with one attached hydrogen (secondary N) is 1. The lowest BCUT2D eigenvalue weighted by atomic mass is 9.92. The highest BCUT2D eigenvalue weighted by Gasteiger charge is 2.41. The van der Waals surface area contributed by atoms with Gasteiger partial charge in [-0.15, -0.1) is 11.3 Å². The third-order valence-electron chi connectivity index (χ3n) is 6.34. The molecule has 2 aliphatic rings. The Morgan fingerprint density at radius 1 is 1.27 bits per heavy atom. The number of unbranched alkanes of at least 4 members (excludes halogenated alkanes) is 1. The minimum absolute atomic E-state index is 0.00589. The molecule has 1 N–H and O–H groups in total. The minimum atomic E-state index is -3.54. The zero-order chi connectivity index (χ0) is 29.7. The molecule has 4 heterocycles. The smallest absolute Gasteiger partial charge is 0.326 e. The largest absolute Gasteiger partial charge is 0.373 e. The number of thiazole rings is 1. The third-order valence-corrected chi connectivity index (χ3v) is 8.95. The van der Waals surface area contributed by atoms with E-state index in [2.05, 4.69) is 14.8 Å². The van der Waals surface area contributed by atoms with Crippen molar-refractivity contribution in [2.24, 2.45) is 4.99 Å². The number of aromatic nitrogens is 3. The number of carbonyl (C=O) groups excluding carboxylic acids is 2. The maximum Gasteiger partial charge on any atom is 0.373 e. The Morgan fingerprint density at radius 2 is 2.02 bits per heavy atom. The lowest BCUT2D eigenvalue weighted by Gasteiger charge is -2.32. The Labute approximate surface area is 242 Å². The fourth-order valence-electron chi connectivity index (χ4n) is 4.68. The van der Waals surface area contributed by atoms with Crippen molar-refractivity contribution in [3.8, 4) is 0 Å². The summed E-state index contributed by atoms with van der Waals surface area (Å²) in [5.74, 6) is -0.0297. The van der Waals surface area contributed by atoms with E-state index in [1.54, 1.807) is 11.6 Å². The lowest BCUT2D eigenvalue weighted by molar-refractivity contribution is -0.191. The number of benzene rings is 1.